The molecule has 0 unspecified atom stereocenters. The van der Waals surface area contributed by atoms with E-state index in [1.54, 1.807) is 11.8 Å². The molecule has 4 rings (SSSR count). The first kappa shape index (κ1) is 19.1. The maximum Gasteiger partial charge on any atom is 0.251 e. The van der Waals surface area contributed by atoms with E-state index in [1.807, 2.05) is 51.1 Å². The summed E-state index contributed by atoms with van der Waals surface area (Å²) in [6.45, 7) is 6.54. The fourth-order valence-electron chi connectivity index (χ4n) is 4.05. The Kier molecular flexibility index (Phi) is 5.05. The van der Waals surface area contributed by atoms with E-state index in [0.717, 1.165) is 28.4 Å². The number of aromatic nitrogens is 4. The fourth-order valence-corrected chi connectivity index (χ4v) is 4.05. The van der Waals surface area contributed by atoms with Gasteiger partial charge in [0.25, 0.3) is 5.95 Å². The molecule has 0 bridgehead atoms. The van der Waals surface area contributed by atoms with Crippen molar-refractivity contribution < 1.29 is 9.53 Å². The number of benzene rings is 1. The minimum atomic E-state index is 0.0157. The molecule has 1 aliphatic rings. The van der Waals surface area contributed by atoms with Crippen molar-refractivity contribution in [2.45, 2.75) is 39.5 Å². The predicted molar refractivity (Wildman–Crippen MR) is 111 cm³/mol. The van der Waals surface area contributed by atoms with Crippen LogP contribution in [-0.2, 0) is 6.42 Å². The fraction of sp³-hybridized carbons (Fsp3) is 0.364. The van der Waals surface area contributed by atoms with Gasteiger partial charge in [-0.1, -0.05) is 18.2 Å². The molecule has 0 saturated heterocycles. The highest BCUT2D eigenvalue weighted by atomic mass is 16.5. The Morgan fingerprint density at radius 3 is 2.59 bits per heavy atom. The Morgan fingerprint density at radius 1 is 1.17 bits per heavy atom. The molecule has 2 heterocycles. The number of carbonyl (C=O) groups is 1. The molecule has 1 N–H and O–H groups in total. The van der Waals surface area contributed by atoms with Crippen molar-refractivity contribution in [1.82, 2.24) is 19.7 Å². The van der Waals surface area contributed by atoms with Crippen LogP contribution in [0.4, 0.5) is 5.82 Å². The lowest BCUT2D eigenvalue weighted by Crippen LogP contribution is -2.22. The lowest BCUT2D eigenvalue weighted by molar-refractivity contribution is 0.0964. The van der Waals surface area contributed by atoms with Crippen LogP contribution in [0.1, 0.15) is 52.3 Å². The molecule has 0 radical (unpaired) electrons. The molecule has 1 aliphatic carbocycles. The van der Waals surface area contributed by atoms with Gasteiger partial charge in [0.05, 0.1) is 18.4 Å². The normalized spacial score (nSPS) is 15.9. The van der Waals surface area contributed by atoms with Crippen LogP contribution < -0.4 is 10.1 Å². The molecular weight excluding hydrogens is 366 g/mol. The predicted octanol–water partition coefficient (Wildman–Crippen LogP) is 3.63. The molecule has 2 aromatic heterocycles. The maximum absolute atomic E-state index is 13.2. The third-order valence-corrected chi connectivity index (χ3v) is 5.21. The van der Waals surface area contributed by atoms with Crippen molar-refractivity contribution in [3.8, 4) is 11.7 Å². The summed E-state index contributed by atoms with van der Waals surface area (Å²) in [4.78, 5) is 22.3. The Balaban J connectivity index is 1.85. The van der Waals surface area contributed by atoms with Crippen molar-refractivity contribution >= 4 is 11.6 Å². The molecule has 29 heavy (non-hydrogen) atoms. The highest BCUT2D eigenvalue weighted by Gasteiger charge is 2.35. The van der Waals surface area contributed by atoms with Gasteiger partial charge in [0.1, 0.15) is 5.75 Å². The Morgan fingerprint density at radius 2 is 1.90 bits per heavy atom. The second-order valence-electron chi connectivity index (χ2n) is 7.33. The van der Waals surface area contributed by atoms with Crippen LogP contribution in [0.3, 0.4) is 0 Å². The average molecular weight is 391 g/mol. The molecule has 0 spiro atoms. The second-order valence-corrected chi connectivity index (χ2v) is 7.33. The van der Waals surface area contributed by atoms with Gasteiger partial charge in [-0.2, -0.15) is 0 Å². The van der Waals surface area contributed by atoms with E-state index in [4.69, 9.17) is 4.74 Å². The monoisotopic (exact) mass is 391 g/mol. The van der Waals surface area contributed by atoms with Gasteiger partial charge in [0.2, 0.25) is 0 Å². The molecular formula is C22H25N5O2. The highest BCUT2D eigenvalue weighted by Crippen LogP contribution is 2.39. The summed E-state index contributed by atoms with van der Waals surface area (Å²) in [6, 6.07) is 9.81. The molecule has 3 aromatic rings. The third kappa shape index (κ3) is 3.48. The van der Waals surface area contributed by atoms with Gasteiger partial charge in [-0.3, -0.25) is 4.79 Å². The Hall–Kier alpha value is -3.22. The number of anilines is 1. The first-order chi connectivity index (χ1) is 14.0. The second kappa shape index (κ2) is 7.66. The van der Waals surface area contributed by atoms with E-state index in [2.05, 4.69) is 20.4 Å². The van der Waals surface area contributed by atoms with Gasteiger partial charge in [-0.25, -0.2) is 14.6 Å². The van der Waals surface area contributed by atoms with Gasteiger partial charge in [0, 0.05) is 30.3 Å². The number of methoxy groups -OCH3 is 1. The molecule has 7 heteroatoms. The number of ketones is 1. The van der Waals surface area contributed by atoms with Crippen LogP contribution in [0.5, 0.6) is 5.75 Å². The van der Waals surface area contributed by atoms with E-state index >= 15 is 0 Å². The molecule has 0 aliphatic heterocycles. The van der Waals surface area contributed by atoms with Crippen molar-refractivity contribution in [3.63, 3.8) is 0 Å². The van der Waals surface area contributed by atoms with E-state index in [9.17, 15) is 4.79 Å². The summed E-state index contributed by atoms with van der Waals surface area (Å²) in [6.07, 6.45) is 1.08. The SMILES string of the molecule is CCNc1nn(-c2nc(C)cc(C)n2)c2c1C(=O)C[C@@H](c1ccccc1OC)C2. The van der Waals surface area contributed by atoms with Gasteiger partial charge in [-0.05, 0) is 44.9 Å². The zero-order valence-electron chi connectivity index (χ0n) is 17.2. The Labute approximate surface area is 170 Å². The van der Waals surface area contributed by atoms with E-state index in [0.29, 0.717) is 36.7 Å². The molecule has 0 fully saturated rings. The highest BCUT2D eigenvalue weighted by molar-refractivity contribution is 6.03. The minimum Gasteiger partial charge on any atom is -0.496 e. The van der Waals surface area contributed by atoms with Crippen molar-refractivity contribution in [1.29, 1.82) is 0 Å². The molecule has 7 nitrogen and oxygen atoms in total. The van der Waals surface area contributed by atoms with Crippen molar-refractivity contribution in [2.24, 2.45) is 0 Å². The minimum absolute atomic E-state index is 0.0157. The summed E-state index contributed by atoms with van der Waals surface area (Å²) < 4.78 is 7.27. The van der Waals surface area contributed by atoms with Crippen LogP contribution in [0.15, 0.2) is 30.3 Å². The summed E-state index contributed by atoms with van der Waals surface area (Å²) in [5.41, 5.74) is 4.27. The number of nitrogens with one attached hydrogen (secondary N) is 1. The number of hydrogen-bond acceptors (Lipinski definition) is 6. The molecule has 150 valence electrons. The van der Waals surface area contributed by atoms with E-state index in [-0.39, 0.29) is 11.7 Å². The average Bonchev–Trinajstić information content (AvgIpc) is 3.06. The van der Waals surface area contributed by atoms with Gasteiger partial charge >= 0.3 is 0 Å². The lowest BCUT2D eigenvalue weighted by atomic mass is 9.81. The van der Waals surface area contributed by atoms with Gasteiger partial charge in [0.15, 0.2) is 11.6 Å². The number of nitrogens with zero attached hydrogens (tertiary/aromatic N) is 4. The molecule has 0 amide bonds. The first-order valence-corrected chi connectivity index (χ1v) is 9.86. The van der Waals surface area contributed by atoms with Crippen LogP contribution in [0, 0.1) is 13.8 Å². The summed E-state index contributed by atoms with van der Waals surface area (Å²) in [5.74, 6) is 2.00. The lowest BCUT2D eigenvalue weighted by Gasteiger charge is -2.24. The zero-order valence-corrected chi connectivity index (χ0v) is 17.2. The summed E-state index contributed by atoms with van der Waals surface area (Å²) >= 11 is 0. The van der Waals surface area contributed by atoms with Crippen molar-refractivity contribution in [3.05, 3.63) is 58.5 Å². The number of ether oxygens (including phenoxy) is 1. The number of hydrogen-bond donors (Lipinski definition) is 1. The number of aryl methyl sites for hydroxylation is 2. The van der Waals surface area contributed by atoms with E-state index in [1.165, 1.54) is 0 Å². The largest absolute Gasteiger partial charge is 0.496 e. The molecule has 1 aromatic carbocycles. The van der Waals surface area contributed by atoms with E-state index < -0.39 is 0 Å². The number of rotatable bonds is 5. The first-order valence-electron chi connectivity index (χ1n) is 9.86. The molecule has 0 saturated carbocycles. The topological polar surface area (TPSA) is 81.9 Å². The third-order valence-electron chi connectivity index (χ3n) is 5.21. The quantitative estimate of drug-likeness (QED) is 0.715. The van der Waals surface area contributed by atoms with Crippen LogP contribution in [0.25, 0.3) is 5.95 Å². The smallest absolute Gasteiger partial charge is 0.251 e. The van der Waals surface area contributed by atoms with Crippen LogP contribution in [-0.4, -0.2) is 39.2 Å². The number of fused-ring (bicyclic) bond motifs is 1. The van der Waals surface area contributed by atoms with Crippen molar-refractivity contribution in [2.75, 3.05) is 19.0 Å². The van der Waals surface area contributed by atoms with Crippen LogP contribution in [0.2, 0.25) is 0 Å². The summed E-state index contributed by atoms with van der Waals surface area (Å²) in [5, 5.41) is 7.91. The standard InChI is InChI=1S/C22H25N5O2/c1-5-23-21-20-17(27(26-21)22-24-13(2)10-14(3)25-22)11-15(12-18(20)28)16-8-6-7-9-19(16)29-4/h6-10,15H,5,11-12H2,1-4H3,(H,23,26)/t15-/m0/s1. The zero-order chi connectivity index (χ0) is 20.5. The molecule has 1 atom stereocenters. The van der Waals surface area contributed by atoms with Gasteiger partial charge in [-0.15, -0.1) is 5.10 Å². The maximum atomic E-state index is 13.2. The number of carbonyl (C=O) groups excluding carboxylic acids is 1. The Bertz CT molecular complexity index is 1050. The van der Waals surface area contributed by atoms with Crippen LogP contribution >= 0.6 is 0 Å². The number of para-hydroxylation sites is 1. The summed E-state index contributed by atoms with van der Waals surface area (Å²) in [7, 11) is 1.66. The van der Waals surface area contributed by atoms with Gasteiger partial charge < -0.3 is 10.1 Å². The number of Topliss-reactive ketones (excluding diaryl/α,β-unsaturated/α-hetero) is 1.